The second-order valence-electron chi connectivity index (χ2n) is 5.90. The van der Waals surface area contributed by atoms with Crippen LogP contribution < -0.4 is 0 Å². The van der Waals surface area contributed by atoms with E-state index in [4.69, 9.17) is 9.47 Å². The number of esters is 1. The van der Waals surface area contributed by atoms with E-state index >= 15 is 0 Å². The minimum atomic E-state index is -0.535. The molecule has 0 spiro atoms. The zero-order chi connectivity index (χ0) is 16.9. The van der Waals surface area contributed by atoms with Crippen molar-refractivity contribution in [1.82, 2.24) is 0 Å². The summed E-state index contributed by atoms with van der Waals surface area (Å²) in [5, 5.41) is 0. The summed E-state index contributed by atoms with van der Waals surface area (Å²) in [7, 11) is 0. The quantitative estimate of drug-likeness (QED) is 0.595. The fourth-order valence-corrected chi connectivity index (χ4v) is 2.53. The van der Waals surface area contributed by atoms with Gasteiger partial charge in [-0.3, -0.25) is 9.59 Å². The predicted octanol–water partition coefficient (Wildman–Crippen LogP) is 3.54. The van der Waals surface area contributed by atoms with E-state index in [2.05, 4.69) is 0 Å². The highest BCUT2D eigenvalue weighted by Gasteiger charge is 2.33. The number of carbonyl (C=O) groups excluding carboxylic acids is 2. The van der Waals surface area contributed by atoms with Gasteiger partial charge in [-0.1, -0.05) is 42.5 Å². The van der Waals surface area contributed by atoms with Gasteiger partial charge in [0.1, 0.15) is 19.0 Å². The van der Waals surface area contributed by atoms with Crippen LogP contribution in [0.5, 0.6) is 0 Å². The van der Waals surface area contributed by atoms with Gasteiger partial charge in [-0.15, -0.1) is 0 Å². The number of benzene rings is 1. The zero-order valence-corrected chi connectivity index (χ0v) is 13.7. The van der Waals surface area contributed by atoms with E-state index in [1.165, 1.54) is 6.92 Å². The summed E-state index contributed by atoms with van der Waals surface area (Å²) < 4.78 is 11.5. The lowest BCUT2D eigenvalue weighted by Crippen LogP contribution is -2.34. The summed E-state index contributed by atoms with van der Waals surface area (Å²) in [4.78, 5) is 22.1. The smallest absolute Gasteiger partial charge is 0.302 e. The molecule has 1 aliphatic carbocycles. The van der Waals surface area contributed by atoms with Gasteiger partial charge < -0.3 is 9.47 Å². The standard InChI is InChI=1S/C19H22O4/c1-14-11-16(12-20)9-10-19(14,3)23-18(13-22-15(2)21)17-7-5-4-6-8-17/h4-9,11-12,18H,10,13H2,1-3H3/t18-,19-/m0/s1. The minimum Gasteiger partial charge on any atom is -0.463 e. The molecule has 1 aromatic carbocycles. The van der Waals surface area contributed by atoms with Gasteiger partial charge in [0.25, 0.3) is 0 Å². The van der Waals surface area contributed by atoms with Crippen molar-refractivity contribution in [3.63, 3.8) is 0 Å². The van der Waals surface area contributed by atoms with Gasteiger partial charge >= 0.3 is 5.97 Å². The maximum atomic E-state index is 11.2. The maximum absolute atomic E-state index is 11.2. The molecular formula is C19H22O4. The number of hydrogen-bond donors (Lipinski definition) is 0. The first kappa shape index (κ1) is 17.2. The third-order valence-corrected chi connectivity index (χ3v) is 4.09. The van der Waals surface area contributed by atoms with E-state index in [1.54, 1.807) is 0 Å². The Morgan fingerprint density at radius 3 is 2.61 bits per heavy atom. The molecule has 0 amide bonds. The van der Waals surface area contributed by atoms with E-state index in [1.807, 2.05) is 56.3 Å². The second kappa shape index (κ2) is 7.38. The molecule has 2 atom stereocenters. The van der Waals surface area contributed by atoms with Crippen molar-refractivity contribution >= 4 is 12.3 Å². The Morgan fingerprint density at radius 1 is 1.35 bits per heavy atom. The topological polar surface area (TPSA) is 52.6 Å². The molecule has 0 heterocycles. The first-order valence-corrected chi connectivity index (χ1v) is 7.65. The fraction of sp³-hybridized carbons (Fsp3) is 0.368. The molecule has 2 rings (SSSR count). The van der Waals surface area contributed by atoms with Gasteiger partial charge in [-0.05, 0) is 31.4 Å². The summed E-state index contributed by atoms with van der Waals surface area (Å²) in [6.45, 7) is 5.48. The summed E-state index contributed by atoms with van der Waals surface area (Å²) >= 11 is 0. The van der Waals surface area contributed by atoms with E-state index in [9.17, 15) is 9.59 Å². The van der Waals surface area contributed by atoms with Crippen molar-refractivity contribution < 1.29 is 19.1 Å². The van der Waals surface area contributed by atoms with Crippen LogP contribution in [-0.4, -0.2) is 24.5 Å². The molecule has 0 aromatic heterocycles. The number of aldehydes is 1. The predicted molar refractivity (Wildman–Crippen MR) is 87.8 cm³/mol. The average molecular weight is 314 g/mol. The average Bonchev–Trinajstić information content (AvgIpc) is 2.55. The number of rotatable bonds is 6. The Balaban J connectivity index is 2.20. The molecule has 0 bridgehead atoms. The van der Waals surface area contributed by atoms with Crippen LogP contribution in [0.25, 0.3) is 0 Å². The van der Waals surface area contributed by atoms with E-state index in [0.29, 0.717) is 12.0 Å². The zero-order valence-electron chi connectivity index (χ0n) is 13.7. The van der Waals surface area contributed by atoms with Gasteiger partial charge in [0.15, 0.2) is 0 Å². The molecule has 0 fully saturated rings. The van der Waals surface area contributed by atoms with Gasteiger partial charge in [0.2, 0.25) is 0 Å². The SMILES string of the molecule is CC(=O)OC[C@H](O[C@@]1(C)CC=C(C=O)C=C1C)c1ccccc1. The lowest BCUT2D eigenvalue weighted by atomic mass is 9.86. The van der Waals surface area contributed by atoms with Gasteiger partial charge in [-0.2, -0.15) is 0 Å². The van der Waals surface area contributed by atoms with E-state index < -0.39 is 5.60 Å². The molecule has 122 valence electrons. The maximum Gasteiger partial charge on any atom is 0.302 e. The molecule has 4 heteroatoms. The third kappa shape index (κ3) is 4.39. The lowest BCUT2D eigenvalue weighted by molar-refractivity contribution is -0.150. The highest BCUT2D eigenvalue weighted by molar-refractivity contribution is 5.78. The number of allylic oxidation sites excluding steroid dienone is 2. The van der Waals surface area contributed by atoms with Crippen molar-refractivity contribution in [2.24, 2.45) is 0 Å². The van der Waals surface area contributed by atoms with Crippen molar-refractivity contribution in [2.45, 2.75) is 38.9 Å². The van der Waals surface area contributed by atoms with Crippen molar-refractivity contribution in [3.05, 3.63) is 59.2 Å². The highest BCUT2D eigenvalue weighted by Crippen LogP contribution is 2.35. The Morgan fingerprint density at radius 2 is 2.04 bits per heavy atom. The van der Waals surface area contributed by atoms with Crippen LogP contribution in [0.1, 0.15) is 38.9 Å². The molecule has 0 saturated heterocycles. The van der Waals surface area contributed by atoms with Crippen molar-refractivity contribution in [2.75, 3.05) is 6.61 Å². The molecule has 1 aromatic rings. The molecule has 0 unspecified atom stereocenters. The van der Waals surface area contributed by atoms with Crippen LogP contribution in [0.15, 0.2) is 53.6 Å². The van der Waals surface area contributed by atoms with Crippen molar-refractivity contribution in [1.29, 1.82) is 0 Å². The highest BCUT2D eigenvalue weighted by atomic mass is 16.6. The summed E-state index contributed by atoms with van der Waals surface area (Å²) in [5.74, 6) is -0.335. The Hall–Kier alpha value is -2.20. The van der Waals surface area contributed by atoms with Crippen LogP contribution in [0.2, 0.25) is 0 Å². The first-order valence-electron chi connectivity index (χ1n) is 7.65. The van der Waals surface area contributed by atoms with Gasteiger partial charge in [0.05, 0.1) is 5.60 Å². The van der Waals surface area contributed by atoms with Crippen LogP contribution in [0.3, 0.4) is 0 Å². The Labute approximate surface area is 136 Å². The number of carbonyl (C=O) groups is 2. The van der Waals surface area contributed by atoms with Crippen molar-refractivity contribution in [3.8, 4) is 0 Å². The largest absolute Gasteiger partial charge is 0.463 e. The summed E-state index contributed by atoms with van der Waals surface area (Å²) in [6, 6.07) is 9.68. The van der Waals surface area contributed by atoms with E-state index in [0.717, 1.165) is 17.4 Å². The molecule has 0 aliphatic heterocycles. The van der Waals surface area contributed by atoms with Crippen LogP contribution in [-0.2, 0) is 19.1 Å². The first-order chi connectivity index (χ1) is 10.9. The van der Waals surface area contributed by atoms with Crippen LogP contribution >= 0.6 is 0 Å². The van der Waals surface area contributed by atoms with Gasteiger partial charge in [0, 0.05) is 12.5 Å². The number of hydrogen-bond acceptors (Lipinski definition) is 4. The Kier molecular flexibility index (Phi) is 5.50. The van der Waals surface area contributed by atoms with E-state index in [-0.39, 0.29) is 18.7 Å². The molecule has 1 aliphatic rings. The molecule has 0 radical (unpaired) electrons. The Bertz CT molecular complexity index is 630. The summed E-state index contributed by atoms with van der Waals surface area (Å²) in [5.41, 5.74) is 2.06. The molecular weight excluding hydrogens is 292 g/mol. The second-order valence-corrected chi connectivity index (χ2v) is 5.90. The van der Waals surface area contributed by atoms with Gasteiger partial charge in [-0.25, -0.2) is 0 Å². The molecule has 4 nitrogen and oxygen atoms in total. The summed E-state index contributed by atoms with van der Waals surface area (Å²) in [6.07, 6.45) is 4.79. The lowest BCUT2D eigenvalue weighted by Gasteiger charge is -2.36. The normalized spacial score (nSPS) is 21.9. The molecule has 0 saturated carbocycles. The number of ether oxygens (including phenoxy) is 2. The minimum absolute atomic E-state index is 0.159. The van der Waals surface area contributed by atoms with Crippen LogP contribution in [0.4, 0.5) is 0 Å². The molecule has 0 N–H and O–H groups in total. The third-order valence-electron chi connectivity index (χ3n) is 4.09. The monoisotopic (exact) mass is 314 g/mol. The van der Waals surface area contributed by atoms with Crippen LogP contribution in [0, 0.1) is 0 Å². The fourth-order valence-electron chi connectivity index (χ4n) is 2.53. The molecule has 23 heavy (non-hydrogen) atoms.